The van der Waals surface area contributed by atoms with E-state index in [0.717, 1.165) is 30.6 Å². The van der Waals surface area contributed by atoms with Crippen LogP contribution in [0.15, 0.2) is 24.3 Å². The summed E-state index contributed by atoms with van der Waals surface area (Å²) in [5.41, 5.74) is 0. The number of esters is 1. The summed E-state index contributed by atoms with van der Waals surface area (Å²) < 4.78 is 10.6. The van der Waals surface area contributed by atoms with Crippen molar-refractivity contribution in [3.63, 3.8) is 0 Å². The second-order valence-electron chi connectivity index (χ2n) is 6.67. The molecule has 0 aromatic heterocycles. The number of rotatable bonds is 6. The van der Waals surface area contributed by atoms with Crippen molar-refractivity contribution < 1.29 is 23.9 Å². The number of imide groups is 1. The highest BCUT2D eigenvalue weighted by atomic mass is 35.5. The van der Waals surface area contributed by atoms with Crippen molar-refractivity contribution in [3.05, 3.63) is 29.3 Å². The van der Waals surface area contributed by atoms with Gasteiger partial charge < -0.3 is 9.47 Å². The Labute approximate surface area is 157 Å². The summed E-state index contributed by atoms with van der Waals surface area (Å²) >= 11 is 5.98. The van der Waals surface area contributed by atoms with E-state index in [2.05, 4.69) is 0 Å². The van der Waals surface area contributed by atoms with Crippen LogP contribution in [0, 0.1) is 11.8 Å². The normalized spacial score (nSPS) is 23.5. The Hall–Kier alpha value is -2.08. The fraction of sp³-hybridized carbons (Fsp3) is 0.526. The van der Waals surface area contributed by atoms with Crippen LogP contribution in [0.3, 0.4) is 0 Å². The van der Waals surface area contributed by atoms with Crippen molar-refractivity contribution in [3.8, 4) is 5.75 Å². The van der Waals surface area contributed by atoms with Crippen LogP contribution in [0.4, 0.5) is 0 Å². The lowest BCUT2D eigenvalue weighted by atomic mass is 9.81. The summed E-state index contributed by atoms with van der Waals surface area (Å²) in [5, 5.41) is 0.475. The molecule has 1 saturated heterocycles. The maximum absolute atomic E-state index is 12.5. The van der Waals surface area contributed by atoms with Crippen LogP contribution < -0.4 is 4.74 Å². The molecule has 140 valence electrons. The number of likely N-dealkylation sites (tertiary alicyclic amines) is 1. The maximum atomic E-state index is 12.5. The zero-order valence-corrected chi connectivity index (χ0v) is 15.4. The minimum absolute atomic E-state index is 0.0114. The summed E-state index contributed by atoms with van der Waals surface area (Å²) in [5.74, 6) is -1.11. The molecular formula is C19H22ClNO5. The molecule has 2 aliphatic rings. The van der Waals surface area contributed by atoms with E-state index in [0.29, 0.717) is 10.8 Å². The van der Waals surface area contributed by atoms with Crippen LogP contribution in [0.2, 0.25) is 5.02 Å². The van der Waals surface area contributed by atoms with E-state index in [4.69, 9.17) is 21.1 Å². The number of amides is 2. The van der Waals surface area contributed by atoms with Crippen LogP contribution in [-0.2, 0) is 19.1 Å². The van der Waals surface area contributed by atoms with E-state index >= 15 is 0 Å². The van der Waals surface area contributed by atoms with Gasteiger partial charge in [-0.05, 0) is 31.9 Å². The van der Waals surface area contributed by atoms with Crippen molar-refractivity contribution in [2.24, 2.45) is 11.8 Å². The second-order valence-corrected chi connectivity index (χ2v) is 7.07. The molecule has 1 aromatic carbocycles. The first-order valence-corrected chi connectivity index (χ1v) is 9.29. The van der Waals surface area contributed by atoms with Gasteiger partial charge in [-0.1, -0.05) is 36.6 Å². The smallest absolute Gasteiger partial charge is 0.329 e. The van der Waals surface area contributed by atoms with Gasteiger partial charge in [-0.25, -0.2) is 4.79 Å². The Bertz CT molecular complexity index is 683. The lowest BCUT2D eigenvalue weighted by Gasteiger charge is -2.21. The predicted octanol–water partition coefficient (Wildman–Crippen LogP) is 2.83. The van der Waals surface area contributed by atoms with Gasteiger partial charge in [-0.3, -0.25) is 14.5 Å². The number of nitrogens with zero attached hydrogens (tertiary/aromatic N) is 1. The fourth-order valence-electron chi connectivity index (χ4n) is 3.65. The summed E-state index contributed by atoms with van der Waals surface area (Å²) in [6, 6.07) is 6.09. The van der Waals surface area contributed by atoms with E-state index < -0.39 is 12.0 Å². The minimum atomic E-state index is -0.916. The number of para-hydroxylation sites is 1. The molecule has 1 aromatic rings. The molecule has 2 fully saturated rings. The number of carbonyl (C=O) groups is 3. The van der Waals surface area contributed by atoms with E-state index in [1.165, 1.54) is 6.92 Å². The zero-order valence-electron chi connectivity index (χ0n) is 14.7. The maximum Gasteiger partial charge on any atom is 0.329 e. The summed E-state index contributed by atoms with van der Waals surface area (Å²) in [4.78, 5) is 38.4. The van der Waals surface area contributed by atoms with Crippen LogP contribution in [-0.4, -0.2) is 41.9 Å². The van der Waals surface area contributed by atoms with Crippen LogP contribution in [0.1, 0.15) is 32.6 Å². The molecule has 3 rings (SSSR count). The molecule has 3 atom stereocenters. The average Bonchev–Trinajstić information content (AvgIpc) is 2.90. The molecule has 1 saturated carbocycles. The molecule has 0 N–H and O–H groups in total. The van der Waals surface area contributed by atoms with E-state index in [9.17, 15) is 14.4 Å². The molecule has 1 heterocycles. The Morgan fingerprint density at radius 3 is 2.38 bits per heavy atom. The van der Waals surface area contributed by atoms with Crippen molar-refractivity contribution in [1.82, 2.24) is 4.90 Å². The number of carbonyl (C=O) groups excluding carboxylic acids is 3. The molecular weight excluding hydrogens is 358 g/mol. The molecule has 0 spiro atoms. The second kappa shape index (κ2) is 8.08. The lowest BCUT2D eigenvalue weighted by molar-refractivity contribution is -0.158. The lowest BCUT2D eigenvalue weighted by Crippen LogP contribution is -2.44. The Morgan fingerprint density at radius 2 is 1.77 bits per heavy atom. The number of ether oxygens (including phenoxy) is 2. The Balaban J connectivity index is 1.51. The van der Waals surface area contributed by atoms with Crippen molar-refractivity contribution in [2.45, 2.75) is 38.6 Å². The van der Waals surface area contributed by atoms with E-state index in [-0.39, 0.29) is 36.9 Å². The van der Waals surface area contributed by atoms with E-state index in [1.807, 2.05) is 0 Å². The molecule has 1 aliphatic carbocycles. The van der Waals surface area contributed by atoms with Gasteiger partial charge >= 0.3 is 5.97 Å². The molecule has 0 unspecified atom stereocenters. The van der Waals surface area contributed by atoms with Gasteiger partial charge in [0.05, 0.1) is 16.9 Å². The fourth-order valence-corrected chi connectivity index (χ4v) is 3.84. The largest absolute Gasteiger partial charge is 0.488 e. The van der Waals surface area contributed by atoms with Gasteiger partial charge in [0, 0.05) is 0 Å². The standard InChI is InChI=1S/C19H22ClNO5/c1-12(21-17(22)13-6-2-3-7-14(13)18(21)23)19(24)26-11-10-25-16-9-5-4-8-15(16)20/h4-5,8-9,12-14H,2-3,6-7,10-11H2,1H3/t12-,13-,14-/m1/s1. The highest BCUT2D eigenvalue weighted by Crippen LogP contribution is 2.38. The quantitative estimate of drug-likeness (QED) is 0.431. The molecule has 2 amide bonds. The Kier molecular flexibility index (Phi) is 5.81. The number of benzene rings is 1. The summed E-state index contributed by atoms with van der Waals surface area (Å²) in [6.45, 7) is 1.68. The van der Waals surface area contributed by atoms with Crippen LogP contribution in [0.25, 0.3) is 0 Å². The van der Waals surface area contributed by atoms with Gasteiger partial charge in [0.1, 0.15) is 25.0 Å². The van der Waals surface area contributed by atoms with Crippen molar-refractivity contribution >= 4 is 29.4 Å². The predicted molar refractivity (Wildman–Crippen MR) is 94.7 cm³/mol. The molecule has 0 bridgehead atoms. The van der Waals surface area contributed by atoms with Crippen LogP contribution in [0.5, 0.6) is 5.75 Å². The van der Waals surface area contributed by atoms with Gasteiger partial charge in [0.15, 0.2) is 0 Å². The number of hydrogen-bond donors (Lipinski definition) is 0. The van der Waals surface area contributed by atoms with Gasteiger partial charge in [-0.15, -0.1) is 0 Å². The molecule has 1 aliphatic heterocycles. The van der Waals surface area contributed by atoms with Gasteiger partial charge in [-0.2, -0.15) is 0 Å². The topological polar surface area (TPSA) is 72.9 Å². The third-order valence-corrected chi connectivity index (χ3v) is 5.34. The molecule has 6 nitrogen and oxygen atoms in total. The minimum Gasteiger partial charge on any atom is -0.488 e. The average molecular weight is 380 g/mol. The number of fused-ring (bicyclic) bond motifs is 1. The third-order valence-electron chi connectivity index (χ3n) is 5.03. The SMILES string of the molecule is C[C@H](C(=O)OCCOc1ccccc1Cl)N1C(=O)[C@@H]2CCCC[C@H]2C1=O. The summed E-state index contributed by atoms with van der Waals surface area (Å²) in [7, 11) is 0. The van der Waals surface area contributed by atoms with Crippen molar-refractivity contribution in [1.29, 1.82) is 0 Å². The van der Waals surface area contributed by atoms with Gasteiger partial charge in [0.2, 0.25) is 11.8 Å². The third kappa shape index (κ3) is 3.70. The number of hydrogen-bond acceptors (Lipinski definition) is 5. The zero-order chi connectivity index (χ0) is 18.7. The Morgan fingerprint density at radius 1 is 1.15 bits per heavy atom. The van der Waals surface area contributed by atoms with Crippen molar-refractivity contribution in [2.75, 3.05) is 13.2 Å². The molecule has 0 radical (unpaired) electrons. The molecule has 26 heavy (non-hydrogen) atoms. The van der Waals surface area contributed by atoms with Crippen LogP contribution >= 0.6 is 11.6 Å². The highest BCUT2D eigenvalue weighted by molar-refractivity contribution is 6.32. The highest BCUT2D eigenvalue weighted by Gasteiger charge is 2.51. The molecule has 7 heteroatoms. The van der Waals surface area contributed by atoms with Gasteiger partial charge in [0.25, 0.3) is 0 Å². The first-order valence-electron chi connectivity index (χ1n) is 8.91. The number of halogens is 1. The van der Waals surface area contributed by atoms with E-state index in [1.54, 1.807) is 24.3 Å². The monoisotopic (exact) mass is 379 g/mol. The first kappa shape index (κ1) is 18.7. The first-order chi connectivity index (χ1) is 12.5. The summed E-state index contributed by atoms with van der Waals surface area (Å²) in [6.07, 6.45) is 3.34.